The maximum atomic E-state index is 13.0. The van der Waals surface area contributed by atoms with Crippen LogP contribution in [0.4, 0.5) is 4.39 Å². The quantitative estimate of drug-likeness (QED) is 0.848. The van der Waals surface area contributed by atoms with Gasteiger partial charge in [0.05, 0.1) is 6.04 Å². The van der Waals surface area contributed by atoms with Gasteiger partial charge in [-0.15, -0.1) is 12.4 Å². The number of amides is 1. The van der Waals surface area contributed by atoms with Gasteiger partial charge in [0.25, 0.3) is 0 Å². The fraction of sp³-hybridized carbons (Fsp3) is 0.533. The van der Waals surface area contributed by atoms with Crippen molar-refractivity contribution in [1.29, 1.82) is 0 Å². The zero-order valence-corrected chi connectivity index (χ0v) is 12.5. The van der Waals surface area contributed by atoms with Crippen LogP contribution >= 0.6 is 12.4 Å². The summed E-state index contributed by atoms with van der Waals surface area (Å²) in [6, 6.07) is 6.49. The third-order valence-electron chi connectivity index (χ3n) is 3.77. The average Bonchev–Trinajstić information content (AvgIpc) is 2.34. The Labute approximate surface area is 125 Å². The molecule has 1 amide bonds. The summed E-state index contributed by atoms with van der Waals surface area (Å²) in [7, 11) is 1.83. The van der Waals surface area contributed by atoms with E-state index >= 15 is 0 Å². The van der Waals surface area contributed by atoms with Gasteiger partial charge in [0.1, 0.15) is 5.82 Å². The monoisotopic (exact) mass is 300 g/mol. The van der Waals surface area contributed by atoms with E-state index in [1.807, 2.05) is 7.05 Å². The first-order valence-electron chi connectivity index (χ1n) is 6.90. The lowest BCUT2D eigenvalue weighted by Gasteiger charge is -2.34. The Bertz CT molecular complexity index is 420. The largest absolute Gasteiger partial charge is 0.349 e. The van der Waals surface area contributed by atoms with E-state index in [0.717, 1.165) is 18.4 Å². The molecule has 0 heterocycles. The second-order valence-corrected chi connectivity index (χ2v) is 5.14. The lowest BCUT2D eigenvalue weighted by Crippen LogP contribution is -2.37. The Morgan fingerprint density at radius 3 is 2.50 bits per heavy atom. The topological polar surface area (TPSA) is 41.1 Å². The molecule has 1 atom stereocenters. The molecule has 2 rings (SSSR count). The third kappa shape index (κ3) is 4.46. The summed E-state index contributed by atoms with van der Waals surface area (Å²) in [5, 5.41) is 6.05. The van der Waals surface area contributed by atoms with Crippen molar-refractivity contribution in [2.24, 2.45) is 5.92 Å². The van der Waals surface area contributed by atoms with Crippen LogP contribution in [0.5, 0.6) is 0 Å². The molecule has 1 aromatic carbocycles. The minimum Gasteiger partial charge on any atom is -0.349 e. The normalized spacial score (nSPS) is 15.9. The molecule has 1 fully saturated rings. The summed E-state index contributed by atoms with van der Waals surface area (Å²) in [5.41, 5.74) is 1.00. The van der Waals surface area contributed by atoms with E-state index in [-0.39, 0.29) is 30.2 Å². The van der Waals surface area contributed by atoms with Gasteiger partial charge < -0.3 is 10.6 Å². The summed E-state index contributed by atoms with van der Waals surface area (Å²) in [6.45, 7) is 0.673. The second kappa shape index (κ2) is 8.22. The van der Waals surface area contributed by atoms with Crippen LogP contribution < -0.4 is 10.6 Å². The maximum absolute atomic E-state index is 13.0. The highest BCUT2D eigenvalue weighted by Gasteiger charge is 2.29. The third-order valence-corrected chi connectivity index (χ3v) is 3.77. The molecule has 5 heteroatoms. The zero-order chi connectivity index (χ0) is 13.7. The van der Waals surface area contributed by atoms with Crippen LogP contribution in [0.3, 0.4) is 0 Å². The van der Waals surface area contributed by atoms with Crippen molar-refractivity contribution in [3.05, 3.63) is 35.6 Å². The molecule has 1 aliphatic carbocycles. The molecule has 0 saturated heterocycles. The standard InChI is InChI=1S/C15H21FN2O.ClH/c1-17-10-9-14(19)18-15(11-3-2-4-11)12-5-7-13(16)8-6-12;/h5-8,11,15,17H,2-4,9-10H2,1H3,(H,18,19);1H. The number of halogens is 2. The lowest BCUT2D eigenvalue weighted by molar-refractivity contribution is -0.122. The maximum Gasteiger partial charge on any atom is 0.221 e. The smallest absolute Gasteiger partial charge is 0.221 e. The van der Waals surface area contributed by atoms with Crippen LogP contribution in [0.25, 0.3) is 0 Å². The molecule has 0 aromatic heterocycles. The summed E-state index contributed by atoms with van der Waals surface area (Å²) in [4.78, 5) is 11.9. The number of nitrogens with one attached hydrogen (secondary N) is 2. The van der Waals surface area contributed by atoms with E-state index < -0.39 is 0 Å². The number of carbonyl (C=O) groups is 1. The highest BCUT2D eigenvalue weighted by atomic mass is 35.5. The molecular weight excluding hydrogens is 279 g/mol. The number of carbonyl (C=O) groups excluding carboxylic acids is 1. The predicted molar refractivity (Wildman–Crippen MR) is 80.4 cm³/mol. The molecule has 3 nitrogen and oxygen atoms in total. The highest BCUT2D eigenvalue weighted by Crippen LogP contribution is 2.37. The predicted octanol–water partition coefficient (Wildman–Crippen LogP) is 2.81. The molecule has 1 saturated carbocycles. The molecule has 0 bridgehead atoms. The minimum atomic E-state index is -0.238. The molecule has 1 aliphatic rings. The van der Waals surface area contributed by atoms with E-state index in [1.54, 1.807) is 12.1 Å². The fourth-order valence-electron chi connectivity index (χ4n) is 2.40. The Balaban J connectivity index is 0.00000200. The van der Waals surface area contributed by atoms with Crippen LogP contribution in [0.1, 0.15) is 37.3 Å². The van der Waals surface area contributed by atoms with Gasteiger partial charge in [0.2, 0.25) is 5.91 Å². The van der Waals surface area contributed by atoms with E-state index in [4.69, 9.17) is 0 Å². The molecule has 1 aromatic rings. The van der Waals surface area contributed by atoms with Gasteiger partial charge in [-0.2, -0.15) is 0 Å². The highest BCUT2D eigenvalue weighted by molar-refractivity contribution is 5.85. The van der Waals surface area contributed by atoms with Crippen molar-refractivity contribution in [1.82, 2.24) is 10.6 Å². The molecule has 1 unspecified atom stereocenters. The van der Waals surface area contributed by atoms with Gasteiger partial charge in [-0.1, -0.05) is 18.6 Å². The number of rotatable bonds is 6. The van der Waals surface area contributed by atoms with Crippen LogP contribution in [0, 0.1) is 11.7 Å². The molecular formula is C15H22ClFN2O. The van der Waals surface area contributed by atoms with Gasteiger partial charge in [-0.3, -0.25) is 4.79 Å². The summed E-state index contributed by atoms with van der Waals surface area (Å²) >= 11 is 0. The van der Waals surface area contributed by atoms with Gasteiger partial charge >= 0.3 is 0 Å². The molecule has 112 valence electrons. The van der Waals surface area contributed by atoms with E-state index in [1.165, 1.54) is 18.6 Å². The molecule has 0 aliphatic heterocycles. The minimum absolute atomic E-state index is 0. The van der Waals surface area contributed by atoms with E-state index in [9.17, 15) is 9.18 Å². The number of benzene rings is 1. The van der Waals surface area contributed by atoms with Crippen LogP contribution in [-0.2, 0) is 4.79 Å². The fourth-order valence-corrected chi connectivity index (χ4v) is 2.40. The number of hydrogen-bond donors (Lipinski definition) is 2. The molecule has 2 N–H and O–H groups in total. The number of hydrogen-bond acceptors (Lipinski definition) is 2. The van der Waals surface area contributed by atoms with Gasteiger partial charge in [-0.05, 0) is 43.5 Å². The lowest BCUT2D eigenvalue weighted by atomic mass is 9.77. The van der Waals surface area contributed by atoms with E-state index in [0.29, 0.717) is 18.9 Å². The Hall–Kier alpha value is -1.13. The average molecular weight is 301 g/mol. The molecule has 0 spiro atoms. The summed E-state index contributed by atoms with van der Waals surface area (Å²) in [5.74, 6) is 0.303. The van der Waals surface area contributed by atoms with E-state index in [2.05, 4.69) is 10.6 Å². The van der Waals surface area contributed by atoms with Crippen LogP contribution in [0.15, 0.2) is 24.3 Å². The van der Waals surface area contributed by atoms with Crippen molar-refractivity contribution >= 4 is 18.3 Å². The molecule has 20 heavy (non-hydrogen) atoms. The van der Waals surface area contributed by atoms with Gasteiger partial charge in [0.15, 0.2) is 0 Å². The first-order chi connectivity index (χ1) is 9.20. The second-order valence-electron chi connectivity index (χ2n) is 5.14. The zero-order valence-electron chi connectivity index (χ0n) is 11.7. The van der Waals surface area contributed by atoms with Gasteiger partial charge in [-0.25, -0.2) is 4.39 Å². The van der Waals surface area contributed by atoms with Crippen molar-refractivity contribution in [3.8, 4) is 0 Å². The van der Waals surface area contributed by atoms with Crippen LogP contribution in [-0.4, -0.2) is 19.5 Å². The van der Waals surface area contributed by atoms with Crippen molar-refractivity contribution < 1.29 is 9.18 Å². The first-order valence-corrected chi connectivity index (χ1v) is 6.90. The Morgan fingerprint density at radius 2 is 2.00 bits per heavy atom. The van der Waals surface area contributed by atoms with Crippen molar-refractivity contribution in [2.75, 3.05) is 13.6 Å². The Kier molecular flexibility index (Phi) is 6.96. The van der Waals surface area contributed by atoms with Crippen molar-refractivity contribution in [3.63, 3.8) is 0 Å². The summed E-state index contributed by atoms with van der Waals surface area (Å²) in [6.07, 6.45) is 3.96. The first kappa shape index (κ1) is 16.9. The van der Waals surface area contributed by atoms with Crippen molar-refractivity contribution in [2.45, 2.75) is 31.7 Å². The van der Waals surface area contributed by atoms with Gasteiger partial charge in [0, 0.05) is 13.0 Å². The molecule has 0 radical (unpaired) electrons. The van der Waals surface area contributed by atoms with Crippen LogP contribution in [0.2, 0.25) is 0 Å². The SMILES string of the molecule is CNCCC(=O)NC(c1ccc(F)cc1)C1CCC1.Cl. The summed E-state index contributed by atoms with van der Waals surface area (Å²) < 4.78 is 13.0. The Morgan fingerprint density at radius 1 is 1.35 bits per heavy atom.